The Morgan fingerprint density at radius 3 is 2.71 bits per heavy atom. The lowest BCUT2D eigenvalue weighted by atomic mass is 9.59. The molecule has 0 saturated heterocycles. The number of carboxylic acid groups (broad SMARTS) is 1. The van der Waals surface area contributed by atoms with Crippen LogP contribution in [0, 0.1) is 17.7 Å². The molecule has 3 atom stereocenters. The molecule has 2 heterocycles. The van der Waals surface area contributed by atoms with E-state index in [4.69, 9.17) is 25.8 Å². The molecular formula is C36H40ClFN2O5. The van der Waals surface area contributed by atoms with Gasteiger partial charge in [-0.2, -0.15) is 0 Å². The number of fused-ring (bicyclic) bond motifs is 4. The lowest BCUT2D eigenvalue weighted by Crippen LogP contribution is -2.53. The lowest BCUT2D eigenvalue weighted by molar-refractivity contribution is -0.144. The first kappa shape index (κ1) is 30.2. The maximum atomic E-state index is 13.9. The highest BCUT2D eigenvalue weighted by Gasteiger charge is 2.54. The Morgan fingerprint density at radius 1 is 1.18 bits per heavy atom. The molecule has 1 fully saturated rings. The Morgan fingerprint density at radius 2 is 1.96 bits per heavy atom. The largest absolute Gasteiger partial charge is 0.493 e. The van der Waals surface area contributed by atoms with Crippen molar-refractivity contribution in [1.82, 2.24) is 4.98 Å². The number of carbonyl (C=O) groups is 1. The Balaban J connectivity index is 1.13. The normalized spacial score (nSPS) is 27.1. The SMILES string of the molecule is C[C@@H](COc1ccnc2c1[C@H](C)CCC2)CC1Cc2cc3c(cc2C12CCC(Nc1ccc(F)c(Cl)c1)(C(=O)O)CC2)OCO3. The molecule has 9 heteroatoms. The fraction of sp³-hybridized carbons (Fsp3) is 0.500. The van der Waals surface area contributed by atoms with Crippen LogP contribution in [-0.4, -0.2) is 35.0 Å². The van der Waals surface area contributed by atoms with E-state index in [2.05, 4.69) is 36.3 Å². The Bertz CT molecular complexity index is 1620. The second-order valence-electron chi connectivity index (χ2n) is 13.7. The van der Waals surface area contributed by atoms with Gasteiger partial charge in [0, 0.05) is 23.1 Å². The highest BCUT2D eigenvalue weighted by molar-refractivity contribution is 6.31. The summed E-state index contributed by atoms with van der Waals surface area (Å²) in [6, 6.07) is 10.6. The van der Waals surface area contributed by atoms with Gasteiger partial charge in [0.05, 0.1) is 11.6 Å². The number of rotatable bonds is 8. The molecule has 7 rings (SSSR count). The molecular weight excluding hydrogens is 595 g/mol. The second-order valence-corrected chi connectivity index (χ2v) is 14.1. The van der Waals surface area contributed by atoms with Crippen LogP contribution in [0.3, 0.4) is 0 Å². The van der Waals surface area contributed by atoms with E-state index in [-0.39, 0.29) is 23.1 Å². The van der Waals surface area contributed by atoms with E-state index < -0.39 is 17.3 Å². The van der Waals surface area contributed by atoms with Gasteiger partial charge in [-0.3, -0.25) is 4.98 Å². The quantitative estimate of drug-likeness (QED) is 0.259. The van der Waals surface area contributed by atoms with E-state index in [1.165, 1.54) is 40.9 Å². The molecule has 7 nitrogen and oxygen atoms in total. The number of anilines is 1. The van der Waals surface area contributed by atoms with Crippen molar-refractivity contribution in [3.8, 4) is 17.2 Å². The minimum atomic E-state index is -1.18. The van der Waals surface area contributed by atoms with Crippen LogP contribution >= 0.6 is 11.6 Å². The zero-order valence-corrected chi connectivity index (χ0v) is 26.6. The third-order valence-electron chi connectivity index (χ3n) is 10.9. The number of halogens is 2. The van der Waals surface area contributed by atoms with E-state index in [1.807, 2.05) is 12.3 Å². The predicted octanol–water partition coefficient (Wildman–Crippen LogP) is 8.07. The fourth-order valence-corrected chi connectivity index (χ4v) is 8.68. The monoisotopic (exact) mass is 634 g/mol. The van der Waals surface area contributed by atoms with Crippen LogP contribution < -0.4 is 19.5 Å². The first-order valence-corrected chi connectivity index (χ1v) is 16.6. The first-order chi connectivity index (χ1) is 21.7. The Kier molecular flexibility index (Phi) is 7.83. The van der Waals surface area contributed by atoms with Gasteiger partial charge in [0.25, 0.3) is 0 Å². The van der Waals surface area contributed by atoms with Crippen LogP contribution in [0.2, 0.25) is 5.02 Å². The molecule has 1 spiro atoms. The molecule has 4 aliphatic rings. The predicted molar refractivity (Wildman–Crippen MR) is 170 cm³/mol. The number of ether oxygens (including phenoxy) is 3. The van der Waals surface area contributed by atoms with Crippen molar-refractivity contribution in [3.63, 3.8) is 0 Å². The third kappa shape index (κ3) is 5.39. The maximum absolute atomic E-state index is 13.9. The van der Waals surface area contributed by atoms with Gasteiger partial charge < -0.3 is 24.6 Å². The number of aryl methyl sites for hydroxylation is 1. The highest BCUT2D eigenvalue weighted by atomic mass is 35.5. The Labute approximate surface area is 268 Å². The number of nitrogens with one attached hydrogen (secondary N) is 1. The minimum Gasteiger partial charge on any atom is -0.493 e. The molecule has 1 saturated carbocycles. The number of benzene rings is 2. The van der Waals surface area contributed by atoms with Crippen molar-refractivity contribution in [3.05, 3.63) is 75.8 Å². The average molecular weight is 635 g/mol. The van der Waals surface area contributed by atoms with Crippen LogP contribution in [0.5, 0.6) is 17.2 Å². The minimum absolute atomic E-state index is 0.0355. The van der Waals surface area contributed by atoms with Crippen molar-refractivity contribution in [2.24, 2.45) is 11.8 Å². The van der Waals surface area contributed by atoms with Gasteiger partial charge in [-0.1, -0.05) is 25.4 Å². The first-order valence-electron chi connectivity index (χ1n) is 16.2. The van der Waals surface area contributed by atoms with Crippen molar-refractivity contribution in [2.45, 2.75) is 88.5 Å². The molecule has 2 N–H and O–H groups in total. The molecule has 3 aliphatic carbocycles. The molecule has 45 heavy (non-hydrogen) atoms. The molecule has 1 unspecified atom stereocenters. The number of nitrogens with zero attached hydrogens (tertiary/aromatic N) is 1. The van der Waals surface area contributed by atoms with Crippen LogP contribution in [0.15, 0.2) is 42.6 Å². The van der Waals surface area contributed by atoms with Crippen molar-refractivity contribution >= 4 is 23.3 Å². The number of carboxylic acids is 1. The molecule has 0 bridgehead atoms. The summed E-state index contributed by atoms with van der Waals surface area (Å²) in [5.41, 5.74) is 4.08. The van der Waals surface area contributed by atoms with Gasteiger partial charge >= 0.3 is 5.97 Å². The highest BCUT2D eigenvalue weighted by Crippen LogP contribution is 2.58. The topological polar surface area (TPSA) is 89.9 Å². The molecule has 2 aromatic carbocycles. The van der Waals surface area contributed by atoms with E-state index in [0.29, 0.717) is 49.8 Å². The number of pyridine rings is 1. The number of aliphatic carboxylic acids is 1. The zero-order chi connectivity index (χ0) is 31.3. The summed E-state index contributed by atoms with van der Waals surface area (Å²) in [5.74, 6) is 2.11. The van der Waals surface area contributed by atoms with Gasteiger partial charge in [-0.05, 0) is 128 Å². The maximum Gasteiger partial charge on any atom is 0.329 e. The van der Waals surface area contributed by atoms with Crippen LogP contribution in [-0.2, 0) is 23.1 Å². The van der Waals surface area contributed by atoms with Crippen molar-refractivity contribution in [2.75, 3.05) is 18.7 Å². The number of hydrogen-bond donors (Lipinski definition) is 2. The zero-order valence-electron chi connectivity index (χ0n) is 25.8. The van der Waals surface area contributed by atoms with Gasteiger partial charge in [-0.15, -0.1) is 0 Å². The summed E-state index contributed by atoms with van der Waals surface area (Å²) in [7, 11) is 0. The molecule has 238 valence electrons. The molecule has 1 aromatic heterocycles. The summed E-state index contributed by atoms with van der Waals surface area (Å²) in [4.78, 5) is 17.4. The van der Waals surface area contributed by atoms with E-state index in [9.17, 15) is 14.3 Å². The van der Waals surface area contributed by atoms with Crippen LogP contribution in [0.25, 0.3) is 0 Å². The third-order valence-corrected chi connectivity index (χ3v) is 11.2. The summed E-state index contributed by atoms with van der Waals surface area (Å²) in [5, 5.41) is 13.7. The van der Waals surface area contributed by atoms with Gasteiger partial charge in [-0.25, -0.2) is 9.18 Å². The van der Waals surface area contributed by atoms with E-state index >= 15 is 0 Å². The van der Waals surface area contributed by atoms with Gasteiger partial charge in [0.1, 0.15) is 17.1 Å². The van der Waals surface area contributed by atoms with E-state index in [1.54, 1.807) is 6.07 Å². The van der Waals surface area contributed by atoms with Crippen LogP contribution in [0.4, 0.5) is 10.1 Å². The fourth-order valence-electron chi connectivity index (χ4n) is 8.50. The summed E-state index contributed by atoms with van der Waals surface area (Å²) in [6.45, 7) is 5.34. The van der Waals surface area contributed by atoms with Gasteiger partial charge in [0.2, 0.25) is 6.79 Å². The van der Waals surface area contributed by atoms with Crippen molar-refractivity contribution in [1.29, 1.82) is 0 Å². The average Bonchev–Trinajstić information content (AvgIpc) is 3.60. The summed E-state index contributed by atoms with van der Waals surface area (Å²) < 4.78 is 31.9. The smallest absolute Gasteiger partial charge is 0.329 e. The van der Waals surface area contributed by atoms with Crippen molar-refractivity contribution < 1.29 is 28.5 Å². The number of hydrogen-bond acceptors (Lipinski definition) is 6. The summed E-state index contributed by atoms with van der Waals surface area (Å²) >= 11 is 6.03. The molecule has 1 aliphatic heterocycles. The molecule has 0 radical (unpaired) electrons. The lowest BCUT2D eigenvalue weighted by Gasteiger charge is -2.47. The van der Waals surface area contributed by atoms with E-state index in [0.717, 1.165) is 42.9 Å². The number of aromatic nitrogens is 1. The second kappa shape index (κ2) is 11.7. The van der Waals surface area contributed by atoms with Gasteiger partial charge in [0.15, 0.2) is 11.5 Å². The molecule has 0 amide bonds. The standard InChI is InChI=1S/C36H40ClFN2O5/c1-21(19-43-30-8-13-39-29-5-3-4-22(2)33(29)30)14-24-15-23-16-31-32(45-20-44-31)18-26(23)35(24)9-11-36(12-10-35,34(41)42)40-25-6-7-28(38)27(37)17-25/h6-8,13,16-18,21-22,24,40H,3-5,9-12,14-15,19-20H2,1-2H3,(H,41,42)/t21-,22-,24?,35?,36?/m1/s1. The summed E-state index contributed by atoms with van der Waals surface area (Å²) in [6.07, 6.45) is 9.29. The molecule has 3 aromatic rings. The Hall–Kier alpha value is -3.52. The van der Waals surface area contributed by atoms with Crippen LogP contribution in [0.1, 0.15) is 87.1 Å².